The highest BCUT2D eigenvalue weighted by atomic mass is 16.5. The zero-order valence-electron chi connectivity index (χ0n) is 16.1. The molecule has 0 radical (unpaired) electrons. The number of nitrogens with zero attached hydrogens (tertiary/aromatic N) is 2. The number of methoxy groups -OCH3 is 1. The number of hydrogen-bond acceptors (Lipinski definition) is 4. The predicted molar refractivity (Wildman–Crippen MR) is 111 cm³/mol. The molecule has 0 aliphatic carbocycles. The molecule has 0 saturated heterocycles. The van der Waals surface area contributed by atoms with Crippen molar-refractivity contribution in [1.29, 1.82) is 0 Å². The van der Waals surface area contributed by atoms with Crippen molar-refractivity contribution in [3.8, 4) is 17.1 Å². The van der Waals surface area contributed by atoms with Crippen molar-refractivity contribution in [2.75, 3.05) is 7.11 Å². The van der Waals surface area contributed by atoms with Crippen LogP contribution in [0, 0.1) is 0 Å². The minimum atomic E-state index is 0.575. The zero-order chi connectivity index (χ0) is 19.3. The third kappa shape index (κ3) is 3.81. The van der Waals surface area contributed by atoms with Crippen LogP contribution < -0.4 is 10.1 Å². The summed E-state index contributed by atoms with van der Waals surface area (Å²) >= 11 is 0. The van der Waals surface area contributed by atoms with Gasteiger partial charge in [-0.05, 0) is 60.0 Å². The molecule has 0 spiro atoms. The lowest BCUT2D eigenvalue weighted by Gasteiger charge is -2.07. The van der Waals surface area contributed by atoms with E-state index >= 15 is 0 Å². The highest BCUT2D eigenvalue weighted by molar-refractivity contribution is 5.79. The molecule has 4 heteroatoms. The van der Waals surface area contributed by atoms with Crippen LogP contribution >= 0.6 is 0 Å². The van der Waals surface area contributed by atoms with Crippen LogP contribution in [0.2, 0.25) is 0 Å². The number of rotatable bonds is 5. The molecule has 28 heavy (non-hydrogen) atoms. The van der Waals surface area contributed by atoms with Gasteiger partial charge in [0.05, 0.1) is 19.0 Å². The first-order chi connectivity index (χ1) is 13.8. The predicted octanol–water partition coefficient (Wildman–Crippen LogP) is 5.17. The molecule has 4 nitrogen and oxygen atoms in total. The monoisotopic (exact) mass is 370 g/mol. The summed E-state index contributed by atoms with van der Waals surface area (Å²) in [4.78, 5) is 9.05. The SMILES string of the molecule is CCc1ccc2oc(-c3ccc(OC)cc3)cc(=NCc3cccnc3)c2c1. The molecule has 0 saturated carbocycles. The first-order valence-corrected chi connectivity index (χ1v) is 9.37. The zero-order valence-corrected chi connectivity index (χ0v) is 16.1. The summed E-state index contributed by atoms with van der Waals surface area (Å²) in [6, 6.07) is 20.1. The van der Waals surface area contributed by atoms with Crippen molar-refractivity contribution in [2.45, 2.75) is 19.9 Å². The molecular formula is C24H22N2O2. The molecule has 2 aromatic heterocycles. The van der Waals surface area contributed by atoms with Crippen LogP contribution in [0.25, 0.3) is 22.3 Å². The van der Waals surface area contributed by atoms with Gasteiger partial charge >= 0.3 is 0 Å². The number of ether oxygens (including phenoxy) is 1. The van der Waals surface area contributed by atoms with Gasteiger partial charge in [0.1, 0.15) is 17.1 Å². The average molecular weight is 370 g/mol. The van der Waals surface area contributed by atoms with E-state index in [1.165, 1.54) is 5.56 Å². The Bertz CT molecular complexity index is 1150. The van der Waals surface area contributed by atoms with Crippen LogP contribution in [0.4, 0.5) is 0 Å². The number of aryl methyl sites for hydroxylation is 1. The van der Waals surface area contributed by atoms with E-state index in [1.54, 1.807) is 13.3 Å². The molecule has 0 unspecified atom stereocenters. The summed E-state index contributed by atoms with van der Waals surface area (Å²) in [6.07, 6.45) is 4.59. The lowest BCUT2D eigenvalue weighted by molar-refractivity contribution is 0.415. The maximum Gasteiger partial charge on any atom is 0.136 e. The number of pyridine rings is 1. The van der Waals surface area contributed by atoms with E-state index in [0.29, 0.717) is 6.54 Å². The molecular weight excluding hydrogens is 348 g/mol. The molecule has 0 bridgehead atoms. The van der Waals surface area contributed by atoms with E-state index in [-0.39, 0.29) is 0 Å². The van der Waals surface area contributed by atoms with Crippen molar-refractivity contribution in [1.82, 2.24) is 4.98 Å². The lowest BCUT2D eigenvalue weighted by atomic mass is 10.1. The van der Waals surface area contributed by atoms with Gasteiger partial charge in [-0.25, -0.2) is 0 Å². The van der Waals surface area contributed by atoms with Crippen LogP contribution in [-0.2, 0) is 13.0 Å². The Hall–Kier alpha value is -3.40. The van der Waals surface area contributed by atoms with Crippen LogP contribution in [0.3, 0.4) is 0 Å². The lowest BCUT2D eigenvalue weighted by Crippen LogP contribution is -2.05. The fraction of sp³-hybridized carbons (Fsp3) is 0.167. The molecule has 4 rings (SSSR count). The van der Waals surface area contributed by atoms with E-state index in [9.17, 15) is 0 Å². The van der Waals surface area contributed by atoms with Gasteiger partial charge in [0.2, 0.25) is 0 Å². The summed E-state index contributed by atoms with van der Waals surface area (Å²) in [5.41, 5.74) is 4.15. The summed E-state index contributed by atoms with van der Waals surface area (Å²) < 4.78 is 11.5. The molecule has 2 aromatic carbocycles. The van der Waals surface area contributed by atoms with Gasteiger partial charge < -0.3 is 9.15 Å². The number of hydrogen-bond donors (Lipinski definition) is 0. The van der Waals surface area contributed by atoms with Crippen molar-refractivity contribution < 1.29 is 9.15 Å². The Morgan fingerprint density at radius 3 is 2.57 bits per heavy atom. The quantitative estimate of drug-likeness (QED) is 0.487. The van der Waals surface area contributed by atoms with Gasteiger partial charge in [-0.3, -0.25) is 9.98 Å². The molecule has 0 atom stereocenters. The van der Waals surface area contributed by atoms with Crippen LogP contribution in [-0.4, -0.2) is 12.1 Å². The smallest absolute Gasteiger partial charge is 0.136 e. The van der Waals surface area contributed by atoms with E-state index < -0.39 is 0 Å². The van der Waals surface area contributed by atoms with Crippen LogP contribution in [0.15, 0.2) is 82.5 Å². The average Bonchev–Trinajstić information content (AvgIpc) is 2.77. The Morgan fingerprint density at radius 1 is 1.00 bits per heavy atom. The maximum atomic E-state index is 6.20. The highest BCUT2D eigenvalue weighted by Gasteiger charge is 2.07. The fourth-order valence-electron chi connectivity index (χ4n) is 3.13. The summed E-state index contributed by atoms with van der Waals surface area (Å²) in [5.74, 6) is 1.60. The highest BCUT2D eigenvalue weighted by Crippen LogP contribution is 2.25. The molecule has 0 amide bonds. The molecule has 0 N–H and O–H groups in total. The van der Waals surface area contributed by atoms with E-state index in [2.05, 4.69) is 24.0 Å². The van der Waals surface area contributed by atoms with Gasteiger partial charge in [0.15, 0.2) is 0 Å². The standard InChI is InChI=1S/C24H22N2O2/c1-3-17-6-11-23-21(13-17)22(26-16-18-5-4-12-25-15-18)14-24(28-23)19-7-9-20(27-2)10-8-19/h4-15H,3,16H2,1-2H3. The minimum Gasteiger partial charge on any atom is -0.497 e. The summed E-state index contributed by atoms with van der Waals surface area (Å²) in [6.45, 7) is 2.72. The van der Waals surface area contributed by atoms with Crippen LogP contribution in [0.5, 0.6) is 5.75 Å². The molecule has 0 aliphatic rings. The minimum absolute atomic E-state index is 0.575. The van der Waals surface area contributed by atoms with E-state index in [1.807, 2.05) is 54.7 Å². The van der Waals surface area contributed by atoms with Gasteiger partial charge in [-0.2, -0.15) is 0 Å². The molecule has 2 heterocycles. The molecule has 4 aromatic rings. The second-order valence-corrected chi connectivity index (χ2v) is 6.59. The van der Waals surface area contributed by atoms with Crippen LogP contribution in [0.1, 0.15) is 18.1 Å². The Labute approximate surface area is 164 Å². The second kappa shape index (κ2) is 8.09. The van der Waals surface area contributed by atoms with Gasteiger partial charge in [-0.15, -0.1) is 0 Å². The van der Waals surface area contributed by atoms with Crippen molar-refractivity contribution in [3.05, 3.63) is 89.5 Å². The topological polar surface area (TPSA) is 47.6 Å². The Kier molecular flexibility index (Phi) is 5.20. The fourth-order valence-corrected chi connectivity index (χ4v) is 3.13. The van der Waals surface area contributed by atoms with Gasteiger partial charge in [-0.1, -0.05) is 19.1 Å². The number of aromatic nitrogens is 1. The Balaban J connectivity index is 1.85. The van der Waals surface area contributed by atoms with Crippen molar-refractivity contribution >= 4 is 11.0 Å². The summed E-state index contributed by atoms with van der Waals surface area (Å²) in [7, 11) is 1.66. The normalized spacial score (nSPS) is 11.7. The first-order valence-electron chi connectivity index (χ1n) is 9.37. The number of fused-ring (bicyclic) bond motifs is 1. The molecule has 140 valence electrons. The Morgan fingerprint density at radius 2 is 1.86 bits per heavy atom. The maximum absolute atomic E-state index is 6.20. The second-order valence-electron chi connectivity index (χ2n) is 6.59. The first kappa shape index (κ1) is 18.0. The van der Waals surface area contributed by atoms with Crippen molar-refractivity contribution in [2.24, 2.45) is 4.99 Å². The molecule has 0 aliphatic heterocycles. The van der Waals surface area contributed by atoms with E-state index in [0.717, 1.165) is 45.4 Å². The third-order valence-electron chi connectivity index (χ3n) is 4.75. The van der Waals surface area contributed by atoms with Gasteiger partial charge in [0.25, 0.3) is 0 Å². The largest absolute Gasteiger partial charge is 0.497 e. The number of benzene rings is 2. The van der Waals surface area contributed by atoms with Gasteiger partial charge in [0, 0.05) is 29.4 Å². The third-order valence-corrected chi connectivity index (χ3v) is 4.75. The molecule has 0 fully saturated rings. The van der Waals surface area contributed by atoms with E-state index in [4.69, 9.17) is 14.1 Å². The van der Waals surface area contributed by atoms with Crippen molar-refractivity contribution in [3.63, 3.8) is 0 Å². The summed E-state index contributed by atoms with van der Waals surface area (Å²) in [5, 5.41) is 1.95.